The molecule has 90 valence electrons. The Bertz CT molecular complexity index is 168. The second kappa shape index (κ2) is 12.3. The highest BCUT2D eigenvalue weighted by molar-refractivity contribution is 9.08. The van der Waals surface area contributed by atoms with Gasteiger partial charge in [-0.25, -0.2) is 0 Å². The van der Waals surface area contributed by atoms with Gasteiger partial charge in [-0.3, -0.25) is 0 Å². The number of amidine groups is 1. The van der Waals surface area contributed by atoms with Crippen LogP contribution in [-0.4, -0.2) is 22.6 Å². The van der Waals surface area contributed by atoms with Crippen LogP contribution in [0.2, 0.25) is 0 Å². The van der Waals surface area contributed by atoms with E-state index in [1.54, 1.807) is 11.8 Å². The van der Waals surface area contributed by atoms with E-state index in [9.17, 15) is 0 Å². The third-order valence-corrected chi connectivity index (χ3v) is 3.63. The molecule has 0 radical (unpaired) electrons. The van der Waals surface area contributed by atoms with Gasteiger partial charge in [0.2, 0.25) is 0 Å². The second-order valence-corrected chi connectivity index (χ2v) is 4.94. The third-order valence-electron chi connectivity index (χ3n) is 2.14. The molecule has 3 N–H and O–H groups in total. The predicted octanol–water partition coefficient (Wildman–Crippen LogP) is 3.07. The number of hydrogen-bond acceptors (Lipinski definition) is 3. The number of nitrogens with zero attached hydrogens (tertiary/aromatic N) is 1. The van der Waals surface area contributed by atoms with Crippen molar-refractivity contribution in [2.75, 3.05) is 12.4 Å². The Labute approximate surface area is 105 Å². The van der Waals surface area contributed by atoms with Crippen LogP contribution in [0, 0.1) is 0 Å². The number of nitrogens with two attached hydrogens (primary N) is 1. The molecule has 0 rings (SSSR count). The standard InChI is InChI=1S/C10H21BrN2OS/c11-13-10(12)15-9-7-5-3-1-2-4-6-8-14/h14H,1-9H2,(H2,12,13). The largest absolute Gasteiger partial charge is 0.396 e. The van der Waals surface area contributed by atoms with Crippen LogP contribution >= 0.6 is 27.9 Å². The molecule has 0 aliphatic heterocycles. The molecule has 0 saturated carbocycles. The van der Waals surface area contributed by atoms with Crippen molar-refractivity contribution in [2.24, 2.45) is 9.75 Å². The summed E-state index contributed by atoms with van der Waals surface area (Å²) in [5.41, 5.74) is 5.51. The number of aliphatic hydroxyl groups excluding tert-OH is 1. The first kappa shape index (κ1) is 15.3. The lowest BCUT2D eigenvalue weighted by atomic mass is 10.1. The van der Waals surface area contributed by atoms with Crippen molar-refractivity contribution in [3.63, 3.8) is 0 Å². The van der Waals surface area contributed by atoms with E-state index in [0.717, 1.165) is 18.6 Å². The van der Waals surface area contributed by atoms with Gasteiger partial charge in [0.25, 0.3) is 0 Å². The van der Waals surface area contributed by atoms with Gasteiger partial charge in [0, 0.05) is 12.4 Å². The van der Waals surface area contributed by atoms with E-state index in [0.29, 0.717) is 11.8 Å². The zero-order chi connectivity index (χ0) is 11.4. The van der Waals surface area contributed by atoms with E-state index in [2.05, 4.69) is 20.2 Å². The van der Waals surface area contributed by atoms with Crippen LogP contribution in [0.3, 0.4) is 0 Å². The van der Waals surface area contributed by atoms with E-state index in [-0.39, 0.29) is 0 Å². The molecule has 5 heteroatoms. The topological polar surface area (TPSA) is 58.6 Å². The van der Waals surface area contributed by atoms with E-state index < -0.39 is 0 Å². The zero-order valence-corrected chi connectivity index (χ0v) is 11.5. The Balaban J connectivity index is 2.99. The summed E-state index contributed by atoms with van der Waals surface area (Å²) in [7, 11) is 0. The number of hydrogen-bond donors (Lipinski definition) is 2. The van der Waals surface area contributed by atoms with E-state index in [1.165, 1.54) is 32.1 Å². The summed E-state index contributed by atoms with van der Waals surface area (Å²) < 4.78 is 3.70. The van der Waals surface area contributed by atoms with Crippen LogP contribution in [0.15, 0.2) is 4.02 Å². The molecular formula is C10H21BrN2OS. The highest BCUT2D eigenvalue weighted by Crippen LogP contribution is 2.10. The van der Waals surface area contributed by atoms with Gasteiger partial charge >= 0.3 is 0 Å². The highest BCUT2D eigenvalue weighted by atomic mass is 79.9. The van der Waals surface area contributed by atoms with Gasteiger partial charge in [-0.2, -0.15) is 4.02 Å². The monoisotopic (exact) mass is 296 g/mol. The van der Waals surface area contributed by atoms with Gasteiger partial charge in [0.1, 0.15) is 0 Å². The van der Waals surface area contributed by atoms with Crippen LogP contribution in [0.4, 0.5) is 0 Å². The van der Waals surface area contributed by atoms with Crippen molar-refractivity contribution < 1.29 is 5.11 Å². The smallest absolute Gasteiger partial charge is 0.166 e. The molecule has 0 amide bonds. The lowest BCUT2D eigenvalue weighted by Crippen LogP contribution is -2.05. The molecule has 15 heavy (non-hydrogen) atoms. The maximum absolute atomic E-state index is 8.58. The third kappa shape index (κ3) is 12.2. The van der Waals surface area contributed by atoms with Crippen molar-refractivity contribution in [3.8, 4) is 0 Å². The molecular weight excluding hydrogens is 276 g/mol. The summed E-state index contributed by atoms with van der Waals surface area (Å²) in [6, 6.07) is 0. The van der Waals surface area contributed by atoms with Gasteiger partial charge < -0.3 is 10.8 Å². The molecule has 0 atom stereocenters. The minimum atomic E-state index is 0.335. The van der Waals surface area contributed by atoms with Crippen molar-refractivity contribution in [1.82, 2.24) is 0 Å². The fraction of sp³-hybridized carbons (Fsp3) is 0.900. The Kier molecular flexibility index (Phi) is 12.5. The summed E-state index contributed by atoms with van der Waals surface area (Å²) in [6.45, 7) is 0.335. The molecule has 0 saturated heterocycles. The number of unbranched alkanes of at least 4 members (excludes halogenated alkanes) is 6. The molecule has 0 aliphatic rings. The first-order chi connectivity index (χ1) is 7.31. The van der Waals surface area contributed by atoms with Crippen LogP contribution in [0.25, 0.3) is 0 Å². The summed E-state index contributed by atoms with van der Waals surface area (Å²) in [4.78, 5) is 0. The maximum atomic E-state index is 8.58. The summed E-state index contributed by atoms with van der Waals surface area (Å²) >= 11 is 4.55. The van der Waals surface area contributed by atoms with Gasteiger partial charge in [-0.05, 0) is 12.8 Å². The quantitative estimate of drug-likeness (QED) is 0.390. The molecule has 0 heterocycles. The van der Waals surface area contributed by atoms with Crippen molar-refractivity contribution in [2.45, 2.75) is 44.9 Å². The number of halogens is 1. The summed E-state index contributed by atoms with van der Waals surface area (Å²) in [6.07, 6.45) is 8.40. The molecule has 0 aromatic rings. The summed E-state index contributed by atoms with van der Waals surface area (Å²) in [5.74, 6) is 1.05. The van der Waals surface area contributed by atoms with E-state index in [4.69, 9.17) is 10.8 Å². The van der Waals surface area contributed by atoms with Crippen molar-refractivity contribution in [3.05, 3.63) is 0 Å². The zero-order valence-electron chi connectivity index (χ0n) is 9.12. The van der Waals surface area contributed by atoms with E-state index >= 15 is 0 Å². The first-order valence-electron chi connectivity index (χ1n) is 5.49. The fourth-order valence-corrected chi connectivity index (χ4v) is 2.21. The molecule has 0 fully saturated rings. The molecule has 0 aromatic carbocycles. The number of rotatable bonds is 9. The SMILES string of the molecule is NC(=NBr)SCCCCCCCCCO. The van der Waals surface area contributed by atoms with Crippen LogP contribution in [0.1, 0.15) is 44.9 Å². The average molecular weight is 297 g/mol. The average Bonchev–Trinajstić information content (AvgIpc) is 2.26. The van der Waals surface area contributed by atoms with Gasteiger partial charge in [-0.1, -0.05) is 43.9 Å². The Hall–Kier alpha value is 0.260. The van der Waals surface area contributed by atoms with Gasteiger partial charge in [-0.15, -0.1) is 0 Å². The van der Waals surface area contributed by atoms with Crippen LogP contribution in [-0.2, 0) is 0 Å². The van der Waals surface area contributed by atoms with Crippen LogP contribution in [0.5, 0.6) is 0 Å². The number of aliphatic hydroxyl groups is 1. The minimum absolute atomic E-state index is 0.335. The minimum Gasteiger partial charge on any atom is -0.396 e. The molecule has 0 spiro atoms. The van der Waals surface area contributed by atoms with E-state index in [1.807, 2.05) is 0 Å². The predicted molar refractivity (Wildman–Crippen MR) is 72.4 cm³/mol. The number of thioether (sulfide) groups is 1. The summed E-state index contributed by atoms with van der Waals surface area (Å²) in [5, 5.41) is 9.19. The molecule has 0 unspecified atom stereocenters. The van der Waals surface area contributed by atoms with Crippen molar-refractivity contribution in [1.29, 1.82) is 0 Å². The Morgan fingerprint density at radius 1 is 1.07 bits per heavy atom. The normalized spacial score (nSPS) is 12.0. The fourth-order valence-electron chi connectivity index (χ4n) is 1.30. The lowest BCUT2D eigenvalue weighted by Gasteiger charge is -2.01. The second-order valence-electron chi connectivity index (χ2n) is 3.47. The maximum Gasteiger partial charge on any atom is 0.166 e. The van der Waals surface area contributed by atoms with Crippen molar-refractivity contribution >= 4 is 33.1 Å². The Morgan fingerprint density at radius 2 is 1.60 bits per heavy atom. The van der Waals surface area contributed by atoms with Gasteiger partial charge in [0.15, 0.2) is 5.17 Å². The molecule has 0 aromatic heterocycles. The van der Waals surface area contributed by atoms with Crippen LogP contribution < -0.4 is 5.73 Å². The molecule has 3 nitrogen and oxygen atoms in total. The first-order valence-corrected chi connectivity index (χ1v) is 7.19. The van der Waals surface area contributed by atoms with Gasteiger partial charge in [0.05, 0.1) is 16.1 Å². The Morgan fingerprint density at radius 3 is 2.13 bits per heavy atom. The lowest BCUT2D eigenvalue weighted by molar-refractivity contribution is 0.282. The molecule has 0 bridgehead atoms. The highest BCUT2D eigenvalue weighted by Gasteiger charge is 1.94. The molecule has 0 aliphatic carbocycles.